The molecule has 0 aliphatic rings. The number of anilines is 1. The summed E-state index contributed by atoms with van der Waals surface area (Å²) in [5.41, 5.74) is 3.95. The lowest BCUT2D eigenvalue weighted by Crippen LogP contribution is -2.21. The molecule has 3 rings (SSSR count). The molecule has 2 aromatic heterocycles. The minimum absolute atomic E-state index is 0.127. The molecule has 7 heteroatoms. The molecule has 144 valence electrons. The van der Waals surface area contributed by atoms with E-state index in [0.29, 0.717) is 5.69 Å². The van der Waals surface area contributed by atoms with Gasteiger partial charge in [0.25, 0.3) is 0 Å². The summed E-state index contributed by atoms with van der Waals surface area (Å²) in [6.07, 6.45) is 4.05. The van der Waals surface area contributed by atoms with Crippen LogP contribution in [-0.2, 0) is 14.3 Å². The van der Waals surface area contributed by atoms with Crippen molar-refractivity contribution in [1.29, 1.82) is 0 Å². The van der Waals surface area contributed by atoms with Crippen LogP contribution in [0.3, 0.4) is 0 Å². The lowest BCUT2D eigenvalue weighted by Gasteiger charge is -2.11. The second kappa shape index (κ2) is 9.05. The van der Waals surface area contributed by atoms with Crippen LogP contribution < -0.4 is 5.32 Å². The van der Waals surface area contributed by atoms with Crippen molar-refractivity contribution in [2.24, 2.45) is 0 Å². The molecule has 0 saturated carbocycles. The van der Waals surface area contributed by atoms with E-state index < -0.39 is 5.92 Å². The van der Waals surface area contributed by atoms with Gasteiger partial charge in [-0.15, -0.1) is 0 Å². The van der Waals surface area contributed by atoms with Crippen LogP contribution in [0.15, 0.2) is 54.9 Å². The molecular formula is C21H22N4O3. The Kier molecular flexibility index (Phi) is 6.29. The van der Waals surface area contributed by atoms with Crippen LogP contribution in [0, 0.1) is 13.8 Å². The highest BCUT2D eigenvalue weighted by atomic mass is 16.5. The highest BCUT2D eigenvalue weighted by molar-refractivity contribution is 5.93. The van der Waals surface area contributed by atoms with Gasteiger partial charge in [0, 0.05) is 12.4 Å². The summed E-state index contributed by atoms with van der Waals surface area (Å²) in [7, 11) is 0. The van der Waals surface area contributed by atoms with Crippen LogP contribution in [0.5, 0.6) is 0 Å². The van der Waals surface area contributed by atoms with Gasteiger partial charge in [-0.2, -0.15) is 5.10 Å². The zero-order valence-electron chi connectivity index (χ0n) is 15.8. The van der Waals surface area contributed by atoms with Gasteiger partial charge in [0.1, 0.15) is 12.9 Å². The van der Waals surface area contributed by atoms with Crippen molar-refractivity contribution < 1.29 is 14.3 Å². The Balaban J connectivity index is 1.59. The van der Waals surface area contributed by atoms with E-state index in [1.807, 2.05) is 44.2 Å². The second-order valence-corrected chi connectivity index (χ2v) is 6.38. The number of nitrogens with zero attached hydrogens (tertiary/aromatic N) is 3. The molecule has 1 atom stereocenters. The molecule has 0 aliphatic heterocycles. The summed E-state index contributed by atoms with van der Waals surface area (Å²) in [6, 6.07) is 13.2. The normalized spacial score (nSPS) is 11.8. The lowest BCUT2D eigenvalue weighted by atomic mass is 10.0. The molecule has 0 spiro atoms. The fourth-order valence-electron chi connectivity index (χ4n) is 2.92. The molecule has 0 bridgehead atoms. The van der Waals surface area contributed by atoms with Crippen molar-refractivity contribution in [3.63, 3.8) is 0 Å². The maximum Gasteiger partial charge on any atom is 0.250 e. The molecule has 28 heavy (non-hydrogen) atoms. The van der Waals surface area contributed by atoms with E-state index in [1.54, 1.807) is 29.2 Å². The van der Waals surface area contributed by atoms with Gasteiger partial charge in [0.15, 0.2) is 0 Å². The Morgan fingerprint density at radius 1 is 1.18 bits per heavy atom. The average Bonchev–Trinajstić information content (AvgIpc) is 3.01. The smallest absolute Gasteiger partial charge is 0.250 e. The number of ether oxygens (including phenoxy) is 1. The van der Waals surface area contributed by atoms with Crippen LogP contribution >= 0.6 is 0 Å². The summed E-state index contributed by atoms with van der Waals surface area (Å²) in [6.45, 7) is 3.72. The number of carbonyl (C=O) groups is 2. The third-order valence-electron chi connectivity index (χ3n) is 4.39. The molecule has 7 nitrogen and oxygen atoms in total. The van der Waals surface area contributed by atoms with E-state index in [-0.39, 0.29) is 19.1 Å². The van der Waals surface area contributed by atoms with Crippen molar-refractivity contribution >= 4 is 17.9 Å². The number of aldehydes is 1. The molecule has 0 fully saturated rings. The number of rotatable bonds is 8. The molecule has 1 aromatic carbocycles. The highest BCUT2D eigenvalue weighted by Gasteiger charge is 2.16. The van der Waals surface area contributed by atoms with Gasteiger partial charge in [-0.3, -0.25) is 9.78 Å². The SMILES string of the molecule is Cc1nn(-c2ccccc2)c(C)c1NC(=O)COCC(C=O)c1ccncc1. The van der Waals surface area contributed by atoms with Crippen molar-refractivity contribution in [2.45, 2.75) is 19.8 Å². The van der Waals surface area contributed by atoms with Crippen LogP contribution in [-0.4, -0.2) is 40.2 Å². The van der Waals surface area contributed by atoms with E-state index >= 15 is 0 Å². The van der Waals surface area contributed by atoms with Crippen LogP contribution in [0.1, 0.15) is 22.9 Å². The van der Waals surface area contributed by atoms with Gasteiger partial charge in [-0.05, 0) is 43.7 Å². The Labute approximate surface area is 163 Å². The third-order valence-corrected chi connectivity index (χ3v) is 4.39. The number of aryl methyl sites for hydroxylation is 1. The van der Waals surface area contributed by atoms with Crippen molar-refractivity contribution in [3.05, 3.63) is 71.8 Å². The summed E-state index contributed by atoms with van der Waals surface area (Å²) < 4.78 is 7.24. The topological polar surface area (TPSA) is 86.1 Å². The summed E-state index contributed by atoms with van der Waals surface area (Å²) >= 11 is 0. The standard InChI is InChI=1S/C21H22N4O3/c1-15-21(16(2)25(24-15)19-6-4-3-5-7-19)23-20(27)14-28-13-18(12-26)17-8-10-22-11-9-17/h3-12,18H,13-14H2,1-2H3,(H,23,27). The molecule has 3 aromatic rings. The second-order valence-electron chi connectivity index (χ2n) is 6.38. The van der Waals surface area contributed by atoms with E-state index in [2.05, 4.69) is 15.4 Å². The van der Waals surface area contributed by atoms with Crippen molar-refractivity contribution in [2.75, 3.05) is 18.5 Å². The van der Waals surface area contributed by atoms with Gasteiger partial charge in [-0.1, -0.05) is 18.2 Å². The Bertz CT molecular complexity index is 939. The number of hydrogen-bond donors (Lipinski definition) is 1. The number of nitrogens with one attached hydrogen (secondary N) is 1. The number of aromatic nitrogens is 3. The predicted molar refractivity (Wildman–Crippen MR) is 106 cm³/mol. The zero-order chi connectivity index (χ0) is 19.9. The van der Waals surface area contributed by atoms with E-state index in [4.69, 9.17) is 4.74 Å². The predicted octanol–water partition coefficient (Wildman–Crippen LogP) is 2.82. The number of carbonyl (C=O) groups excluding carboxylic acids is 2. The number of benzene rings is 1. The summed E-state index contributed by atoms with van der Waals surface area (Å²) in [5, 5.41) is 7.36. The number of pyridine rings is 1. The molecule has 0 saturated heterocycles. The first-order valence-corrected chi connectivity index (χ1v) is 8.94. The van der Waals surface area contributed by atoms with E-state index in [9.17, 15) is 9.59 Å². The third kappa shape index (κ3) is 4.50. The molecule has 2 heterocycles. The van der Waals surface area contributed by atoms with Gasteiger partial charge >= 0.3 is 0 Å². The van der Waals surface area contributed by atoms with Gasteiger partial charge in [0.05, 0.1) is 35.3 Å². The largest absolute Gasteiger partial charge is 0.371 e. The molecule has 1 N–H and O–H groups in total. The summed E-state index contributed by atoms with van der Waals surface area (Å²) in [4.78, 5) is 27.5. The molecule has 1 unspecified atom stereocenters. The first-order valence-electron chi connectivity index (χ1n) is 8.94. The van der Waals surface area contributed by atoms with Crippen LogP contribution in [0.25, 0.3) is 5.69 Å². The number of para-hydroxylation sites is 1. The number of amides is 1. The Hall–Kier alpha value is -3.32. The fourth-order valence-corrected chi connectivity index (χ4v) is 2.92. The average molecular weight is 378 g/mol. The van der Waals surface area contributed by atoms with E-state index in [1.165, 1.54) is 0 Å². The molecular weight excluding hydrogens is 356 g/mol. The Morgan fingerprint density at radius 2 is 1.89 bits per heavy atom. The van der Waals surface area contributed by atoms with Crippen LogP contribution in [0.2, 0.25) is 0 Å². The van der Waals surface area contributed by atoms with Gasteiger partial charge in [0.2, 0.25) is 5.91 Å². The highest BCUT2D eigenvalue weighted by Crippen LogP contribution is 2.22. The minimum atomic E-state index is -0.430. The van der Waals surface area contributed by atoms with Crippen molar-refractivity contribution in [1.82, 2.24) is 14.8 Å². The van der Waals surface area contributed by atoms with Gasteiger partial charge in [-0.25, -0.2) is 4.68 Å². The Morgan fingerprint density at radius 3 is 2.57 bits per heavy atom. The number of hydrogen-bond acceptors (Lipinski definition) is 5. The maximum atomic E-state index is 12.3. The van der Waals surface area contributed by atoms with Crippen LogP contribution in [0.4, 0.5) is 5.69 Å². The van der Waals surface area contributed by atoms with Gasteiger partial charge < -0.3 is 14.8 Å². The monoisotopic (exact) mass is 378 g/mol. The summed E-state index contributed by atoms with van der Waals surface area (Å²) in [5.74, 6) is -0.724. The molecule has 0 radical (unpaired) electrons. The lowest BCUT2D eigenvalue weighted by molar-refractivity contribution is -0.122. The maximum absolute atomic E-state index is 12.3. The van der Waals surface area contributed by atoms with E-state index in [0.717, 1.165) is 28.9 Å². The quantitative estimate of drug-likeness (QED) is 0.609. The first kappa shape index (κ1) is 19.4. The van der Waals surface area contributed by atoms with Crippen molar-refractivity contribution in [3.8, 4) is 5.69 Å². The molecule has 0 aliphatic carbocycles. The minimum Gasteiger partial charge on any atom is -0.371 e. The zero-order valence-corrected chi connectivity index (χ0v) is 15.8. The molecule has 1 amide bonds. The first-order chi connectivity index (χ1) is 13.6. The fraction of sp³-hybridized carbons (Fsp3) is 0.238.